The van der Waals surface area contributed by atoms with Crippen LogP contribution in [0.4, 0.5) is 0 Å². The molecular weight excluding hydrogens is 193 g/mol. The predicted octanol–water partition coefficient (Wildman–Crippen LogP) is -3.74. The maximum atomic E-state index is 10.8. The first-order valence-corrected chi connectivity index (χ1v) is 4.32. The molecule has 0 rings (SSSR count). The van der Waals surface area contributed by atoms with E-state index < -0.39 is 23.3 Å². The van der Waals surface area contributed by atoms with Crippen molar-refractivity contribution in [3.8, 4) is 0 Å². The van der Waals surface area contributed by atoms with Gasteiger partial charge in [-0.3, -0.25) is 9.05 Å². The van der Waals surface area contributed by atoms with E-state index in [2.05, 4.69) is 9.57 Å². The largest absolute Gasteiger partial charge is 1.00 e. The Morgan fingerprint density at radius 3 is 2.62 bits per heavy atom. The molecule has 0 saturated heterocycles. The van der Waals surface area contributed by atoms with Crippen molar-refractivity contribution < 1.29 is 42.0 Å². The van der Waals surface area contributed by atoms with Gasteiger partial charge in [0.1, 0.15) is 0 Å². The van der Waals surface area contributed by atoms with Crippen LogP contribution in [0.1, 0.15) is 13.8 Å². The molecule has 8 heteroatoms. The van der Waals surface area contributed by atoms with Gasteiger partial charge in [-0.2, -0.15) is 0 Å². The van der Waals surface area contributed by atoms with Crippen LogP contribution >= 0.6 is 0 Å². The molecule has 6 nitrogen and oxygen atoms in total. The number of carbonyl (C=O) groups is 1. The van der Waals surface area contributed by atoms with E-state index in [1.165, 1.54) is 6.92 Å². The zero-order valence-electron chi connectivity index (χ0n) is 7.73. The third-order valence-electron chi connectivity index (χ3n) is 0.911. The van der Waals surface area contributed by atoms with Gasteiger partial charge in [0.2, 0.25) is 0 Å². The molecule has 0 aromatic rings. The van der Waals surface area contributed by atoms with Crippen LogP contribution in [0.3, 0.4) is 0 Å². The molecule has 0 spiro atoms. The molecule has 0 amide bonds. The molecule has 2 unspecified atom stereocenters. The van der Waals surface area contributed by atoms with Gasteiger partial charge in [-0.05, 0) is 13.8 Å². The van der Waals surface area contributed by atoms with Gasteiger partial charge in [0, 0.05) is 11.3 Å². The van der Waals surface area contributed by atoms with E-state index in [1.54, 1.807) is 11.8 Å². The summed E-state index contributed by atoms with van der Waals surface area (Å²) in [6, 6.07) is 0. The van der Waals surface area contributed by atoms with Crippen LogP contribution in [-0.2, 0) is 25.6 Å². The number of hydrogen-bond acceptors (Lipinski definition) is 5. The van der Waals surface area contributed by atoms with Crippen molar-refractivity contribution in [3.05, 3.63) is 0 Å². The normalized spacial score (nSPS) is 14.1. The summed E-state index contributed by atoms with van der Waals surface area (Å²) in [5.74, 6) is -0.615. The maximum Gasteiger partial charge on any atom is 1.00 e. The van der Waals surface area contributed by atoms with Crippen LogP contribution in [0.25, 0.3) is 0 Å². The minimum Gasteiger partial charge on any atom is -0.758 e. The minimum atomic E-state index is -2.54. The van der Waals surface area contributed by atoms with E-state index in [9.17, 15) is 13.6 Å². The van der Waals surface area contributed by atoms with Crippen LogP contribution in [0.15, 0.2) is 0 Å². The molecule has 0 radical (unpaired) electrons. The second-order valence-electron chi connectivity index (χ2n) is 1.83. The second-order valence-corrected chi connectivity index (χ2v) is 2.47. The van der Waals surface area contributed by atoms with Crippen molar-refractivity contribution >= 4 is 17.2 Å². The summed E-state index contributed by atoms with van der Waals surface area (Å²) < 4.78 is 24.3. The van der Waals surface area contributed by atoms with Crippen molar-refractivity contribution in [2.24, 2.45) is 0 Å². The molecule has 0 saturated carbocycles. The van der Waals surface area contributed by atoms with E-state index in [1.807, 2.05) is 0 Å². The molecule has 0 fully saturated rings. The first-order valence-electron chi connectivity index (χ1n) is 3.25. The van der Waals surface area contributed by atoms with Crippen LogP contribution < -0.4 is 23.7 Å². The van der Waals surface area contributed by atoms with Crippen molar-refractivity contribution in [1.29, 1.82) is 0 Å². The average Bonchev–Trinajstić information content (AvgIpc) is 2.00. The zero-order valence-corrected chi connectivity index (χ0v) is 8.55. The average molecular weight is 203 g/mol. The van der Waals surface area contributed by atoms with E-state index in [-0.39, 0.29) is 25.5 Å². The first kappa shape index (κ1) is 15.6. The van der Waals surface area contributed by atoms with Gasteiger partial charge in [-0.25, -0.2) is 4.79 Å². The van der Waals surface area contributed by atoms with E-state index in [0.29, 0.717) is 0 Å². The molecule has 1 N–H and O–H groups in total. The Balaban J connectivity index is 0. The molecule has 0 heterocycles. The molecule has 0 bridgehead atoms. The fourth-order valence-corrected chi connectivity index (χ4v) is 0.642. The Morgan fingerprint density at radius 2 is 2.23 bits per heavy atom. The third-order valence-corrected chi connectivity index (χ3v) is 1.14. The second kappa shape index (κ2) is 8.68. The van der Waals surface area contributed by atoms with Gasteiger partial charge in [0.25, 0.3) is 0 Å². The van der Waals surface area contributed by atoms with Crippen LogP contribution in [0, 0.1) is 0 Å². The van der Waals surface area contributed by atoms with Gasteiger partial charge in [-0.1, -0.05) is 0 Å². The molecular formula is C5H10LiNO5S. The summed E-state index contributed by atoms with van der Waals surface area (Å²) in [7, 11) is 0. The molecule has 0 aliphatic heterocycles. The van der Waals surface area contributed by atoms with Crippen molar-refractivity contribution in [2.45, 2.75) is 20.0 Å². The number of nitrogens with one attached hydrogen (secondary N) is 1. The molecule has 0 aromatic carbocycles. The molecule has 72 valence electrons. The first-order chi connectivity index (χ1) is 5.57. The maximum absolute atomic E-state index is 10.8. The van der Waals surface area contributed by atoms with Crippen LogP contribution in [0.2, 0.25) is 0 Å². The predicted molar refractivity (Wildman–Crippen MR) is 39.2 cm³/mol. The fourth-order valence-electron chi connectivity index (χ4n) is 0.419. The smallest absolute Gasteiger partial charge is 0.758 e. The Hall–Kier alpha value is 0.0974. The third kappa shape index (κ3) is 8.43. The van der Waals surface area contributed by atoms with Crippen LogP contribution in [0.5, 0.6) is 0 Å². The number of carbonyl (C=O) groups excluding carboxylic acids is 1. The summed E-state index contributed by atoms with van der Waals surface area (Å²) >= 11 is -2.54. The molecule has 0 aromatic heterocycles. The molecule has 2 atom stereocenters. The Bertz CT molecular complexity index is 178. The monoisotopic (exact) mass is 203 g/mol. The van der Waals surface area contributed by atoms with Crippen molar-refractivity contribution in [3.63, 3.8) is 0 Å². The Morgan fingerprint density at radius 1 is 1.69 bits per heavy atom. The number of ether oxygens (including phenoxy) is 1. The Kier molecular flexibility index (Phi) is 10.4. The molecule has 0 aliphatic carbocycles. The fraction of sp³-hybridized carbons (Fsp3) is 0.800. The molecule has 0 aliphatic rings. The summed E-state index contributed by atoms with van der Waals surface area (Å²) in [5, 5.41) is 0. The summed E-state index contributed by atoms with van der Waals surface area (Å²) in [5.41, 5.74) is 0. The summed E-state index contributed by atoms with van der Waals surface area (Å²) in [6.45, 7) is 3.24. The topological polar surface area (TPSA) is 87.7 Å². The zero-order chi connectivity index (χ0) is 9.56. The van der Waals surface area contributed by atoms with Crippen molar-refractivity contribution in [1.82, 2.24) is 4.89 Å². The van der Waals surface area contributed by atoms with E-state index in [4.69, 9.17) is 0 Å². The molecule has 13 heavy (non-hydrogen) atoms. The minimum absolute atomic E-state index is 0. The van der Waals surface area contributed by atoms with Crippen LogP contribution in [-0.4, -0.2) is 27.4 Å². The van der Waals surface area contributed by atoms with Gasteiger partial charge in [-0.15, -0.1) is 4.89 Å². The number of hydrogen-bond donors (Lipinski definition) is 1. The van der Waals surface area contributed by atoms with Gasteiger partial charge < -0.3 is 9.29 Å². The number of rotatable bonds is 5. The number of esters is 1. The van der Waals surface area contributed by atoms with Gasteiger partial charge in [0.15, 0.2) is 6.10 Å². The Labute approximate surface area is 90.9 Å². The van der Waals surface area contributed by atoms with Crippen molar-refractivity contribution in [2.75, 3.05) is 6.61 Å². The summed E-state index contributed by atoms with van der Waals surface area (Å²) in [4.78, 5) is 16.7. The SMILES string of the molecule is CCOC(=O)C(C)ONS(=O)[O-].[Li+]. The van der Waals surface area contributed by atoms with E-state index in [0.717, 1.165) is 0 Å². The standard InChI is InChI=1S/C5H11NO5S.Li/c1-3-10-5(7)4(2)11-6-12(8)9;/h4,6H,3H2,1-2H3,(H,8,9);/q;+1/p-1. The van der Waals surface area contributed by atoms with E-state index >= 15 is 0 Å². The quantitative estimate of drug-likeness (QED) is 0.215. The van der Waals surface area contributed by atoms with Gasteiger partial charge in [0.05, 0.1) is 6.61 Å². The van der Waals surface area contributed by atoms with Gasteiger partial charge >= 0.3 is 24.8 Å². The summed E-state index contributed by atoms with van der Waals surface area (Å²) in [6.07, 6.45) is -0.942.